The molecule has 1 rings (SSSR count). The second-order valence-corrected chi connectivity index (χ2v) is 4.71. The Hall–Kier alpha value is -2.90. The monoisotopic (exact) mass is 321 g/mol. The van der Waals surface area contributed by atoms with Crippen molar-refractivity contribution in [3.63, 3.8) is 0 Å². The summed E-state index contributed by atoms with van der Waals surface area (Å²) in [5.41, 5.74) is 0.401. The lowest BCUT2D eigenvalue weighted by molar-refractivity contribution is -0.155. The first-order valence-electron chi connectivity index (χ1n) is 6.94. The maximum Gasteiger partial charge on any atom is 0.329 e. The highest BCUT2D eigenvalue weighted by atomic mass is 16.5. The number of rotatable bonds is 5. The molecule has 0 aromatic heterocycles. The quantitative estimate of drug-likeness (QED) is 0.670. The minimum absolute atomic E-state index is 0.401. The first-order valence-corrected chi connectivity index (χ1v) is 6.94. The molecule has 0 aliphatic heterocycles. The van der Waals surface area contributed by atoms with Crippen LogP contribution in [0.3, 0.4) is 0 Å². The van der Waals surface area contributed by atoms with E-state index >= 15 is 0 Å². The first kappa shape index (κ1) is 18.1. The van der Waals surface area contributed by atoms with E-state index in [9.17, 15) is 19.2 Å². The zero-order chi connectivity index (χ0) is 17.4. The van der Waals surface area contributed by atoms with E-state index in [1.807, 2.05) is 5.32 Å². The lowest BCUT2D eigenvalue weighted by Gasteiger charge is -2.17. The maximum atomic E-state index is 11.9. The third-order valence-electron chi connectivity index (χ3n) is 2.86. The predicted molar refractivity (Wildman–Crippen MR) is 81.5 cm³/mol. The van der Waals surface area contributed by atoms with Crippen molar-refractivity contribution in [1.29, 1.82) is 0 Å². The van der Waals surface area contributed by atoms with Gasteiger partial charge in [0.2, 0.25) is 0 Å². The molecule has 0 saturated carbocycles. The molecule has 0 aliphatic carbocycles. The van der Waals surface area contributed by atoms with Crippen molar-refractivity contribution >= 4 is 23.8 Å². The summed E-state index contributed by atoms with van der Waals surface area (Å²) in [6.07, 6.45) is -1.17. The number of carbonyl (C=O) groups excluding carboxylic acids is 4. The van der Waals surface area contributed by atoms with Gasteiger partial charge in [-0.3, -0.25) is 14.9 Å². The minimum atomic E-state index is -1.17. The Balaban J connectivity index is 2.52. The van der Waals surface area contributed by atoms with E-state index in [0.29, 0.717) is 5.56 Å². The highest BCUT2D eigenvalue weighted by molar-refractivity contribution is 5.98. The Morgan fingerprint density at radius 1 is 1.04 bits per heavy atom. The lowest BCUT2D eigenvalue weighted by Crippen LogP contribution is -2.46. The molecule has 0 unspecified atom stereocenters. The van der Waals surface area contributed by atoms with Crippen LogP contribution in [0.25, 0.3) is 0 Å². The molecular formula is C15H19N3O5. The number of nitrogens with one attached hydrogen (secondary N) is 3. The largest absolute Gasteiger partial charge is 0.451 e. The molecule has 8 nitrogen and oxygen atoms in total. The van der Waals surface area contributed by atoms with Crippen molar-refractivity contribution in [1.82, 2.24) is 16.0 Å². The van der Waals surface area contributed by atoms with Gasteiger partial charge < -0.3 is 15.4 Å². The van der Waals surface area contributed by atoms with E-state index in [-0.39, 0.29) is 0 Å². The van der Waals surface area contributed by atoms with E-state index in [4.69, 9.17) is 4.74 Å². The number of ether oxygens (including phenoxy) is 1. The normalized spacial score (nSPS) is 12.5. The zero-order valence-electron chi connectivity index (χ0n) is 13.1. The van der Waals surface area contributed by atoms with Crippen molar-refractivity contribution in [3.05, 3.63) is 35.9 Å². The van der Waals surface area contributed by atoms with Crippen molar-refractivity contribution in [2.75, 3.05) is 7.05 Å². The van der Waals surface area contributed by atoms with Crippen molar-refractivity contribution in [2.24, 2.45) is 0 Å². The summed E-state index contributed by atoms with van der Waals surface area (Å²) < 4.78 is 4.91. The Kier molecular flexibility index (Phi) is 6.72. The molecule has 0 radical (unpaired) electrons. The van der Waals surface area contributed by atoms with Gasteiger partial charge in [0.15, 0.2) is 6.10 Å². The average molecular weight is 321 g/mol. The van der Waals surface area contributed by atoms with E-state index in [1.54, 1.807) is 30.3 Å². The molecule has 23 heavy (non-hydrogen) atoms. The summed E-state index contributed by atoms with van der Waals surface area (Å²) >= 11 is 0. The van der Waals surface area contributed by atoms with Gasteiger partial charge in [-0.15, -0.1) is 0 Å². The number of esters is 1. The van der Waals surface area contributed by atoms with Gasteiger partial charge >= 0.3 is 12.0 Å². The smallest absolute Gasteiger partial charge is 0.329 e. The summed E-state index contributed by atoms with van der Waals surface area (Å²) in [6, 6.07) is 6.72. The number of hydrogen-bond acceptors (Lipinski definition) is 5. The molecule has 0 heterocycles. The Morgan fingerprint density at radius 3 is 2.22 bits per heavy atom. The molecule has 0 saturated heterocycles. The second kappa shape index (κ2) is 8.52. The molecule has 3 N–H and O–H groups in total. The van der Waals surface area contributed by atoms with Crippen LogP contribution in [0, 0.1) is 0 Å². The molecule has 0 bridgehead atoms. The van der Waals surface area contributed by atoms with Gasteiger partial charge in [0.1, 0.15) is 6.04 Å². The van der Waals surface area contributed by atoms with Gasteiger partial charge in [0.05, 0.1) is 0 Å². The Labute approximate surface area is 133 Å². The van der Waals surface area contributed by atoms with Crippen LogP contribution in [0.5, 0.6) is 0 Å². The van der Waals surface area contributed by atoms with Crippen LogP contribution >= 0.6 is 0 Å². The van der Waals surface area contributed by atoms with Gasteiger partial charge in [-0.25, -0.2) is 9.59 Å². The first-order chi connectivity index (χ1) is 10.8. The molecule has 8 heteroatoms. The van der Waals surface area contributed by atoms with Crippen LogP contribution < -0.4 is 16.0 Å². The molecule has 124 valence electrons. The molecule has 2 atom stereocenters. The number of urea groups is 1. The number of hydrogen-bond donors (Lipinski definition) is 3. The Bertz CT molecular complexity index is 588. The van der Waals surface area contributed by atoms with Crippen LogP contribution in [0.2, 0.25) is 0 Å². The van der Waals surface area contributed by atoms with Crippen molar-refractivity contribution < 1.29 is 23.9 Å². The molecule has 0 fully saturated rings. The second-order valence-electron chi connectivity index (χ2n) is 4.71. The van der Waals surface area contributed by atoms with E-state index < -0.39 is 36.0 Å². The SMILES string of the molecule is CNC(=O)NC(=O)[C@@H](C)OC(=O)[C@H](C)NC(=O)c1ccccc1. The molecule has 1 aromatic rings. The van der Waals surface area contributed by atoms with Crippen LogP contribution in [0.4, 0.5) is 4.79 Å². The fraction of sp³-hybridized carbons (Fsp3) is 0.333. The van der Waals surface area contributed by atoms with Crippen molar-refractivity contribution in [2.45, 2.75) is 26.0 Å². The van der Waals surface area contributed by atoms with Crippen LogP contribution in [0.15, 0.2) is 30.3 Å². The zero-order valence-corrected chi connectivity index (χ0v) is 13.1. The third kappa shape index (κ3) is 5.77. The fourth-order valence-electron chi connectivity index (χ4n) is 1.53. The van der Waals surface area contributed by atoms with E-state index in [2.05, 4.69) is 10.6 Å². The summed E-state index contributed by atoms with van der Waals surface area (Å²) in [6.45, 7) is 2.76. The van der Waals surface area contributed by atoms with Gasteiger partial charge in [-0.2, -0.15) is 0 Å². The average Bonchev–Trinajstić information content (AvgIpc) is 2.55. The van der Waals surface area contributed by atoms with Crippen LogP contribution in [-0.4, -0.2) is 43.0 Å². The van der Waals surface area contributed by atoms with E-state index in [1.165, 1.54) is 20.9 Å². The summed E-state index contributed by atoms with van der Waals surface area (Å²) in [4.78, 5) is 46.4. The molecule has 0 spiro atoms. The van der Waals surface area contributed by atoms with Crippen molar-refractivity contribution in [3.8, 4) is 0 Å². The maximum absolute atomic E-state index is 11.9. The fourth-order valence-corrected chi connectivity index (χ4v) is 1.53. The Morgan fingerprint density at radius 2 is 1.65 bits per heavy atom. The van der Waals surface area contributed by atoms with Gasteiger partial charge in [0.25, 0.3) is 11.8 Å². The summed E-state index contributed by atoms with van der Waals surface area (Å²) in [5.74, 6) is -1.98. The number of carbonyl (C=O) groups is 4. The van der Waals surface area contributed by atoms with Gasteiger partial charge in [-0.05, 0) is 26.0 Å². The van der Waals surface area contributed by atoms with Gasteiger partial charge in [-0.1, -0.05) is 18.2 Å². The minimum Gasteiger partial charge on any atom is -0.451 e. The predicted octanol–water partition coefficient (Wildman–Crippen LogP) is 0.192. The van der Waals surface area contributed by atoms with Crippen LogP contribution in [-0.2, 0) is 14.3 Å². The molecule has 0 aliphatic rings. The molecule has 4 amide bonds. The standard InChI is InChI=1S/C15H19N3O5/c1-9(17-13(20)11-7-5-4-6-8-11)14(21)23-10(2)12(19)18-15(22)16-3/h4-10H,1-3H3,(H,17,20)(H2,16,18,19,22)/t9-,10+/m0/s1. The van der Waals surface area contributed by atoms with Gasteiger partial charge in [0, 0.05) is 12.6 Å². The number of imide groups is 1. The number of benzene rings is 1. The summed E-state index contributed by atoms with van der Waals surface area (Å²) in [7, 11) is 1.35. The molecule has 1 aromatic carbocycles. The number of amides is 4. The van der Waals surface area contributed by atoms with Crippen LogP contribution in [0.1, 0.15) is 24.2 Å². The highest BCUT2D eigenvalue weighted by Crippen LogP contribution is 2.01. The molecular weight excluding hydrogens is 302 g/mol. The topological polar surface area (TPSA) is 114 Å². The van der Waals surface area contributed by atoms with E-state index in [0.717, 1.165) is 0 Å². The lowest BCUT2D eigenvalue weighted by atomic mass is 10.2. The summed E-state index contributed by atoms with van der Waals surface area (Å²) in [5, 5.41) is 6.66. The third-order valence-corrected chi connectivity index (χ3v) is 2.86. The highest BCUT2D eigenvalue weighted by Gasteiger charge is 2.24.